The fraction of sp³-hybridized carbons (Fsp3) is 0.688. The number of unbranched alkanes of at least 4 members (excludes halogenated alkanes) is 13. The molecule has 5 nitrogen and oxygen atoms in total. The van der Waals surface area contributed by atoms with E-state index in [1.54, 1.807) is 11.3 Å². The Kier molecular flexibility index (Phi) is 18.9. The van der Waals surface area contributed by atoms with Gasteiger partial charge < -0.3 is 14.2 Å². The highest BCUT2D eigenvalue weighted by molar-refractivity contribution is 7.07. The SMILES string of the molecule is CCCCCCCCCCCCCCCCOCC(COC(=O)c1ccc(C[n+]2ccsc2)cc1)OCC. The second-order valence-corrected chi connectivity index (χ2v) is 11.0. The first-order valence-corrected chi connectivity index (χ1v) is 16.0. The maximum absolute atomic E-state index is 12.5. The van der Waals surface area contributed by atoms with Crippen molar-refractivity contribution in [2.75, 3.05) is 26.4 Å². The van der Waals surface area contributed by atoms with Gasteiger partial charge in [-0.3, -0.25) is 0 Å². The normalized spacial score (nSPS) is 12.1. The predicted molar refractivity (Wildman–Crippen MR) is 157 cm³/mol. The molecule has 1 aromatic heterocycles. The molecular weight excluding hydrogens is 494 g/mol. The van der Waals surface area contributed by atoms with Gasteiger partial charge in [0, 0.05) is 18.8 Å². The van der Waals surface area contributed by atoms with Gasteiger partial charge in [0.2, 0.25) is 5.51 Å². The number of hydrogen-bond acceptors (Lipinski definition) is 5. The molecule has 0 spiro atoms. The zero-order valence-electron chi connectivity index (χ0n) is 24.0. The second kappa shape index (κ2) is 22.1. The summed E-state index contributed by atoms with van der Waals surface area (Å²) < 4.78 is 19.2. The molecule has 38 heavy (non-hydrogen) atoms. The van der Waals surface area contributed by atoms with Crippen LogP contribution in [-0.2, 0) is 20.8 Å². The summed E-state index contributed by atoms with van der Waals surface area (Å²) in [6, 6.07) is 7.60. The van der Waals surface area contributed by atoms with E-state index in [2.05, 4.69) is 17.0 Å². The fourth-order valence-electron chi connectivity index (χ4n) is 4.55. The molecule has 1 atom stereocenters. The molecule has 0 fully saturated rings. The molecule has 0 bridgehead atoms. The maximum atomic E-state index is 12.5. The predicted octanol–water partition coefficient (Wildman–Crippen LogP) is 8.14. The summed E-state index contributed by atoms with van der Waals surface area (Å²) in [7, 11) is 0. The number of carbonyl (C=O) groups is 1. The minimum Gasteiger partial charge on any atom is -0.459 e. The summed E-state index contributed by atoms with van der Waals surface area (Å²) in [4.78, 5) is 12.5. The fourth-order valence-corrected chi connectivity index (χ4v) is 5.15. The molecule has 214 valence electrons. The van der Waals surface area contributed by atoms with Crippen molar-refractivity contribution in [3.05, 3.63) is 52.5 Å². The van der Waals surface area contributed by atoms with Gasteiger partial charge in [-0.2, -0.15) is 4.57 Å². The number of carbonyl (C=O) groups excluding carboxylic acids is 1. The lowest BCUT2D eigenvalue weighted by atomic mass is 10.0. The lowest BCUT2D eigenvalue weighted by molar-refractivity contribution is -0.683. The highest BCUT2D eigenvalue weighted by Gasteiger charge is 2.14. The molecule has 2 rings (SSSR count). The van der Waals surface area contributed by atoms with Crippen LogP contribution in [0.3, 0.4) is 0 Å². The monoisotopic (exact) mass is 546 g/mol. The number of thiazole rings is 1. The van der Waals surface area contributed by atoms with E-state index in [4.69, 9.17) is 14.2 Å². The maximum Gasteiger partial charge on any atom is 0.338 e. The average molecular weight is 547 g/mol. The molecule has 0 radical (unpaired) electrons. The zero-order chi connectivity index (χ0) is 27.1. The van der Waals surface area contributed by atoms with E-state index in [9.17, 15) is 4.79 Å². The molecule has 2 aromatic rings. The van der Waals surface area contributed by atoms with E-state index in [0.717, 1.165) is 25.1 Å². The number of nitrogens with zero attached hydrogens (tertiary/aromatic N) is 1. The summed E-state index contributed by atoms with van der Waals surface area (Å²) in [5, 5.41) is 2.05. The summed E-state index contributed by atoms with van der Waals surface area (Å²) in [5.74, 6) is -0.323. The van der Waals surface area contributed by atoms with Crippen LogP contribution >= 0.6 is 11.3 Å². The molecular formula is C32H52NO4S+. The third-order valence-corrected chi connectivity index (χ3v) is 7.50. The van der Waals surface area contributed by atoms with Crippen LogP contribution in [0.15, 0.2) is 41.4 Å². The van der Waals surface area contributed by atoms with E-state index >= 15 is 0 Å². The highest BCUT2D eigenvalue weighted by Crippen LogP contribution is 2.13. The van der Waals surface area contributed by atoms with Crippen LogP contribution in [0.2, 0.25) is 0 Å². The van der Waals surface area contributed by atoms with Gasteiger partial charge in [-0.15, -0.1) is 0 Å². The van der Waals surface area contributed by atoms with Crippen LogP contribution in [0.5, 0.6) is 0 Å². The van der Waals surface area contributed by atoms with Crippen molar-refractivity contribution in [2.24, 2.45) is 0 Å². The van der Waals surface area contributed by atoms with Gasteiger partial charge in [-0.05, 0) is 25.5 Å². The molecule has 0 saturated heterocycles. The third kappa shape index (κ3) is 15.6. The Morgan fingerprint density at radius 2 is 1.42 bits per heavy atom. The van der Waals surface area contributed by atoms with Gasteiger partial charge in [0.1, 0.15) is 12.7 Å². The molecule has 0 aliphatic carbocycles. The van der Waals surface area contributed by atoms with E-state index in [0.29, 0.717) is 18.8 Å². The smallest absolute Gasteiger partial charge is 0.338 e. The molecule has 0 aliphatic rings. The molecule has 0 aliphatic heterocycles. The summed E-state index contributed by atoms with van der Waals surface area (Å²) >= 11 is 1.66. The van der Waals surface area contributed by atoms with Crippen molar-refractivity contribution in [3.63, 3.8) is 0 Å². The number of esters is 1. The first-order chi connectivity index (χ1) is 18.7. The quantitative estimate of drug-likeness (QED) is 0.0757. The number of rotatable bonds is 24. The largest absolute Gasteiger partial charge is 0.459 e. The Morgan fingerprint density at radius 3 is 1.97 bits per heavy atom. The Hall–Kier alpha value is -1.76. The van der Waals surface area contributed by atoms with Crippen molar-refractivity contribution >= 4 is 17.3 Å². The average Bonchev–Trinajstić information content (AvgIpc) is 3.44. The van der Waals surface area contributed by atoms with Crippen molar-refractivity contribution in [1.29, 1.82) is 0 Å². The van der Waals surface area contributed by atoms with Crippen molar-refractivity contribution < 1.29 is 23.6 Å². The van der Waals surface area contributed by atoms with Gasteiger partial charge in [0.15, 0.2) is 12.7 Å². The van der Waals surface area contributed by atoms with Crippen LogP contribution in [0.1, 0.15) is 120 Å². The van der Waals surface area contributed by atoms with Crippen LogP contribution in [-0.4, -0.2) is 38.5 Å². The Balaban J connectivity index is 1.46. The highest BCUT2D eigenvalue weighted by atomic mass is 32.1. The van der Waals surface area contributed by atoms with Gasteiger partial charge in [0.25, 0.3) is 0 Å². The topological polar surface area (TPSA) is 48.6 Å². The van der Waals surface area contributed by atoms with E-state index in [1.165, 1.54) is 83.5 Å². The summed E-state index contributed by atoms with van der Waals surface area (Å²) in [5.41, 5.74) is 3.77. The molecule has 0 amide bonds. The lowest BCUT2D eigenvalue weighted by Gasteiger charge is -2.17. The Morgan fingerprint density at radius 1 is 0.816 bits per heavy atom. The van der Waals surface area contributed by atoms with Crippen molar-refractivity contribution in [2.45, 2.75) is 116 Å². The number of benzene rings is 1. The summed E-state index contributed by atoms with van der Waals surface area (Å²) in [6.45, 7) is 6.99. The molecule has 1 aromatic carbocycles. The minimum atomic E-state index is -0.323. The lowest BCUT2D eigenvalue weighted by Crippen LogP contribution is -2.30. The first kappa shape index (κ1) is 32.5. The van der Waals surface area contributed by atoms with Crippen molar-refractivity contribution in [3.8, 4) is 0 Å². The van der Waals surface area contributed by atoms with Crippen LogP contribution in [0, 0.1) is 0 Å². The standard InChI is InChI=1S/C32H52NO4S/c1-3-5-6-7-8-9-10-11-12-13-14-15-16-17-23-35-26-31(36-4-2)27-37-32(34)30-20-18-29(19-21-30)25-33-22-24-38-28-33/h18-22,24,28,31H,3-17,23,25-27H2,1-2H3/q+1. The van der Waals surface area contributed by atoms with Crippen LogP contribution in [0.4, 0.5) is 0 Å². The minimum absolute atomic E-state index is 0.206. The third-order valence-electron chi connectivity index (χ3n) is 6.83. The molecule has 6 heteroatoms. The van der Waals surface area contributed by atoms with Gasteiger partial charge in [-0.25, -0.2) is 4.79 Å². The molecule has 1 unspecified atom stereocenters. The number of hydrogen-bond donors (Lipinski definition) is 0. The number of ether oxygens (including phenoxy) is 3. The Bertz CT molecular complexity index is 809. The zero-order valence-corrected chi connectivity index (χ0v) is 24.9. The van der Waals surface area contributed by atoms with E-state index in [1.807, 2.05) is 42.8 Å². The first-order valence-electron chi connectivity index (χ1n) is 15.1. The molecule has 0 saturated carbocycles. The van der Waals surface area contributed by atoms with Crippen LogP contribution in [0.25, 0.3) is 0 Å². The van der Waals surface area contributed by atoms with Gasteiger partial charge in [-0.1, -0.05) is 114 Å². The number of aromatic nitrogens is 1. The molecule has 0 N–H and O–H groups in total. The van der Waals surface area contributed by atoms with Crippen LogP contribution < -0.4 is 4.57 Å². The van der Waals surface area contributed by atoms with E-state index in [-0.39, 0.29) is 18.7 Å². The second-order valence-electron chi connectivity index (χ2n) is 10.2. The van der Waals surface area contributed by atoms with Gasteiger partial charge >= 0.3 is 5.97 Å². The van der Waals surface area contributed by atoms with Crippen molar-refractivity contribution in [1.82, 2.24) is 0 Å². The van der Waals surface area contributed by atoms with E-state index < -0.39 is 0 Å². The van der Waals surface area contributed by atoms with Gasteiger partial charge in [0.05, 0.1) is 17.6 Å². The summed E-state index contributed by atoms with van der Waals surface area (Å²) in [6.07, 6.45) is 20.7. The Labute approximate surface area is 235 Å². The molecule has 1 heterocycles.